The van der Waals surface area contributed by atoms with Crippen LogP contribution in [0.3, 0.4) is 0 Å². The summed E-state index contributed by atoms with van der Waals surface area (Å²) in [6.07, 6.45) is 5.65. The second kappa shape index (κ2) is 13.0. The molecule has 1 fully saturated rings. The molecule has 1 aliphatic heterocycles. The molecule has 3 N–H and O–H groups in total. The molecule has 0 saturated heterocycles. The largest absolute Gasteiger partial charge is 0.449 e. The number of nitrogens with zero attached hydrogens (tertiary/aromatic N) is 4. The molecule has 2 aromatic rings. The zero-order valence-electron chi connectivity index (χ0n) is 21.3. The van der Waals surface area contributed by atoms with Crippen LogP contribution in [0.25, 0.3) is 0 Å². The Hall–Kier alpha value is -2.98. The molecule has 2 aliphatic rings. The summed E-state index contributed by atoms with van der Waals surface area (Å²) in [5, 5.41) is 11.7. The monoisotopic (exact) mass is 514 g/mol. The van der Waals surface area contributed by atoms with Crippen molar-refractivity contribution in [2.24, 2.45) is 11.7 Å². The number of carbonyl (C=O) groups is 2. The molecule has 10 heteroatoms. The van der Waals surface area contributed by atoms with E-state index < -0.39 is 11.6 Å². The van der Waals surface area contributed by atoms with Crippen molar-refractivity contribution >= 4 is 12.0 Å². The lowest BCUT2D eigenvalue weighted by Gasteiger charge is -2.30. The van der Waals surface area contributed by atoms with E-state index in [2.05, 4.69) is 15.5 Å². The highest BCUT2D eigenvalue weighted by atomic mass is 16.6. The average Bonchev–Trinajstić information content (AvgIpc) is 3.30. The van der Waals surface area contributed by atoms with Gasteiger partial charge in [0.05, 0.1) is 31.9 Å². The van der Waals surface area contributed by atoms with Crippen molar-refractivity contribution in [2.75, 3.05) is 19.8 Å². The second-order valence-electron chi connectivity index (χ2n) is 10.4. The number of hydrogen-bond acceptors (Lipinski definition) is 7. The number of nitrogens with one attached hydrogen (secondary N) is 1. The highest BCUT2D eigenvalue weighted by molar-refractivity contribution is 5.85. The Morgan fingerprint density at radius 3 is 2.57 bits per heavy atom. The van der Waals surface area contributed by atoms with E-state index in [0.717, 1.165) is 18.4 Å². The number of fused-ring (bicyclic) bond motifs is 1. The lowest BCUT2D eigenvalue weighted by molar-refractivity contribution is -0.126. The van der Waals surface area contributed by atoms with Gasteiger partial charge in [-0.05, 0) is 38.2 Å². The Labute approximate surface area is 219 Å². The van der Waals surface area contributed by atoms with Crippen LogP contribution in [0.5, 0.6) is 0 Å². The molecule has 1 aromatic carbocycles. The third kappa shape index (κ3) is 7.75. The van der Waals surface area contributed by atoms with Crippen molar-refractivity contribution < 1.29 is 19.1 Å². The van der Waals surface area contributed by atoms with Crippen LogP contribution >= 0.6 is 0 Å². The van der Waals surface area contributed by atoms with Crippen molar-refractivity contribution in [1.29, 1.82) is 0 Å². The Morgan fingerprint density at radius 1 is 1.14 bits per heavy atom. The third-order valence-electron chi connectivity index (χ3n) is 6.81. The fraction of sp³-hybridized carbons (Fsp3) is 0.630. The fourth-order valence-electron chi connectivity index (χ4n) is 4.62. The second-order valence-corrected chi connectivity index (χ2v) is 10.4. The predicted octanol–water partition coefficient (Wildman–Crippen LogP) is 3.56. The molecule has 204 valence electrons. The van der Waals surface area contributed by atoms with Crippen molar-refractivity contribution in [1.82, 2.24) is 25.0 Å². The average molecular weight is 515 g/mol. The van der Waals surface area contributed by atoms with Crippen LogP contribution in [-0.4, -0.2) is 57.0 Å². The molecule has 2 amide bonds. The summed E-state index contributed by atoms with van der Waals surface area (Å²) in [6.45, 7) is 5.70. The van der Waals surface area contributed by atoms with E-state index in [1.54, 1.807) is 18.7 Å². The van der Waals surface area contributed by atoms with E-state index in [0.29, 0.717) is 50.4 Å². The van der Waals surface area contributed by atoms with Gasteiger partial charge in [-0.2, -0.15) is 0 Å². The van der Waals surface area contributed by atoms with Gasteiger partial charge in [-0.25, -0.2) is 4.79 Å². The number of hydrogen-bond donors (Lipinski definition) is 2. The molecule has 2 heterocycles. The van der Waals surface area contributed by atoms with Crippen LogP contribution in [0.4, 0.5) is 4.79 Å². The molecular weight excluding hydrogens is 472 g/mol. The maximum atomic E-state index is 12.7. The van der Waals surface area contributed by atoms with E-state index in [9.17, 15) is 9.59 Å². The molecule has 1 atom stereocenters. The summed E-state index contributed by atoms with van der Waals surface area (Å²) >= 11 is 0. The van der Waals surface area contributed by atoms with Gasteiger partial charge in [0.2, 0.25) is 5.91 Å². The minimum atomic E-state index is -1.05. The zero-order chi connectivity index (χ0) is 25.5. The molecule has 0 radical (unpaired) electrons. The minimum Gasteiger partial charge on any atom is -0.449 e. The van der Waals surface area contributed by atoms with Crippen LogP contribution in [0, 0.1) is 5.92 Å². The topological polar surface area (TPSA) is 125 Å². The van der Waals surface area contributed by atoms with Gasteiger partial charge in [0.15, 0.2) is 11.6 Å². The molecule has 1 saturated carbocycles. The highest BCUT2D eigenvalue weighted by Gasteiger charge is 2.32. The Balaban J connectivity index is 0.00000380. The van der Waals surface area contributed by atoms with Crippen molar-refractivity contribution in [3.63, 3.8) is 0 Å². The molecule has 37 heavy (non-hydrogen) atoms. The number of rotatable bonds is 9. The normalized spacial score (nSPS) is 16.9. The molecule has 0 spiro atoms. The summed E-state index contributed by atoms with van der Waals surface area (Å²) in [7, 11) is 0. The summed E-state index contributed by atoms with van der Waals surface area (Å²) in [6, 6.07) is 9.29. The number of carbonyl (C=O) groups excluding carboxylic acids is 2. The summed E-state index contributed by atoms with van der Waals surface area (Å²) in [4.78, 5) is 27.0. The quantitative estimate of drug-likeness (QED) is 0.524. The third-order valence-corrected chi connectivity index (χ3v) is 6.81. The molecule has 0 bridgehead atoms. The summed E-state index contributed by atoms with van der Waals surface area (Å²) in [5.74, 6) is 1.40. The maximum absolute atomic E-state index is 12.7. The molecule has 1 aliphatic carbocycles. The minimum absolute atomic E-state index is 0. The fourth-order valence-corrected chi connectivity index (χ4v) is 4.62. The van der Waals surface area contributed by atoms with E-state index in [1.165, 1.54) is 19.3 Å². The Bertz CT molecular complexity index is 1010. The molecule has 10 nitrogen and oxygen atoms in total. The van der Waals surface area contributed by atoms with Gasteiger partial charge in [-0.3, -0.25) is 9.69 Å². The number of ether oxygens (including phenoxy) is 2. The van der Waals surface area contributed by atoms with Crippen LogP contribution in [0.15, 0.2) is 30.3 Å². The number of aromatic nitrogens is 3. The van der Waals surface area contributed by atoms with E-state index in [1.807, 2.05) is 34.9 Å². The number of nitrogens with two attached hydrogens (primary N) is 1. The summed E-state index contributed by atoms with van der Waals surface area (Å²) in [5.41, 5.74) is 6.00. The van der Waals surface area contributed by atoms with Gasteiger partial charge in [0.25, 0.3) is 0 Å². The van der Waals surface area contributed by atoms with E-state index >= 15 is 0 Å². The first-order chi connectivity index (χ1) is 17.3. The van der Waals surface area contributed by atoms with Crippen LogP contribution in [0.2, 0.25) is 0 Å². The van der Waals surface area contributed by atoms with E-state index in [-0.39, 0.29) is 26.0 Å². The SMILES string of the molecule is C.CC(C)(N)C(=O)N[C@H](COCc1ccccc1)c1nnc2n1CCN(C(=O)OCC1CCCCC1)C2. The molecule has 0 unspecified atom stereocenters. The van der Waals surface area contributed by atoms with Crippen molar-refractivity contribution in [2.45, 2.75) is 84.7 Å². The van der Waals surface area contributed by atoms with Gasteiger partial charge in [-0.1, -0.05) is 57.0 Å². The lowest BCUT2D eigenvalue weighted by Crippen LogP contribution is -2.51. The maximum Gasteiger partial charge on any atom is 0.410 e. The first kappa shape index (κ1) is 28.6. The van der Waals surface area contributed by atoms with Crippen LogP contribution in [0.1, 0.15) is 76.6 Å². The highest BCUT2D eigenvalue weighted by Crippen LogP contribution is 2.24. The standard InChI is InChI=1S/C26H38N6O4.CH4/c1-26(2,27)24(33)28-21(18-35-16-19-9-5-3-6-10-19)23-30-29-22-15-31(13-14-32(22)23)25(34)36-17-20-11-7-4-8-12-20;/h3,5-6,9-10,20-21H,4,7-8,11-18,27H2,1-2H3,(H,28,33);1H4/t21-;/m1./s1. The van der Waals surface area contributed by atoms with Gasteiger partial charge >= 0.3 is 6.09 Å². The summed E-state index contributed by atoms with van der Waals surface area (Å²) < 4.78 is 13.5. The zero-order valence-corrected chi connectivity index (χ0v) is 21.3. The lowest BCUT2D eigenvalue weighted by atomic mass is 9.90. The number of benzene rings is 1. The van der Waals surface area contributed by atoms with Crippen LogP contribution in [-0.2, 0) is 34.0 Å². The van der Waals surface area contributed by atoms with Crippen molar-refractivity contribution in [3.8, 4) is 0 Å². The van der Waals surface area contributed by atoms with Gasteiger partial charge in [0, 0.05) is 13.1 Å². The predicted molar refractivity (Wildman–Crippen MR) is 140 cm³/mol. The van der Waals surface area contributed by atoms with Gasteiger partial charge < -0.3 is 25.1 Å². The smallest absolute Gasteiger partial charge is 0.410 e. The Kier molecular flexibility index (Phi) is 10.0. The van der Waals surface area contributed by atoms with E-state index in [4.69, 9.17) is 15.2 Å². The first-order valence-electron chi connectivity index (χ1n) is 12.9. The Morgan fingerprint density at radius 2 is 1.86 bits per heavy atom. The number of amides is 2. The van der Waals surface area contributed by atoms with Gasteiger partial charge in [-0.15, -0.1) is 10.2 Å². The molecule has 4 rings (SSSR count). The first-order valence-corrected chi connectivity index (χ1v) is 12.9. The van der Waals surface area contributed by atoms with Gasteiger partial charge in [0.1, 0.15) is 6.04 Å². The van der Waals surface area contributed by atoms with Crippen molar-refractivity contribution in [3.05, 3.63) is 47.5 Å². The van der Waals surface area contributed by atoms with Crippen LogP contribution < -0.4 is 11.1 Å². The molecule has 1 aromatic heterocycles. The molecular formula is C27H42N6O4.